The summed E-state index contributed by atoms with van der Waals surface area (Å²) in [5, 5.41) is 3.00. The van der Waals surface area contributed by atoms with Crippen LogP contribution in [0.2, 0.25) is 0 Å². The van der Waals surface area contributed by atoms with Gasteiger partial charge in [-0.25, -0.2) is 0 Å². The molecule has 0 rings (SSSR count). The van der Waals surface area contributed by atoms with Crippen molar-refractivity contribution >= 4 is 5.91 Å². The number of methoxy groups -OCH3 is 2. The van der Waals surface area contributed by atoms with Gasteiger partial charge in [0.2, 0.25) is 5.91 Å². The van der Waals surface area contributed by atoms with E-state index in [1.807, 2.05) is 13.8 Å². The zero-order chi connectivity index (χ0) is 11.1. The van der Waals surface area contributed by atoms with E-state index in [0.717, 1.165) is 0 Å². The number of carbonyl (C=O) groups excluding carboxylic acids is 1. The number of primary amides is 1. The molecule has 5 heteroatoms. The molecule has 0 radical (unpaired) electrons. The van der Waals surface area contributed by atoms with Crippen molar-refractivity contribution in [2.75, 3.05) is 20.8 Å². The Balaban J connectivity index is 3.99. The zero-order valence-electron chi connectivity index (χ0n) is 9.24. The Morgan fingerprint density at radius 3 is 2.14 bits per heavy atom. The maximum atomic E-state index is 11.0. The number of rotatable bonds is 7. The molecule has 1 atom stereocenters. The van der Waals surface area contributed by atoms with Crippen molar-refractivity contribution in [2.45, 2.75) is 26.2 Å². The van der Waals surface area contributed by atoms with Gasteiger partial charge in [-0.1, -0.05) is 13.8 Å². The molecule has 0 fully saturated rings. The Morgan fingerprint density at radius 1 is 1.36 bits per heavy atom. The van der Waals surface area contributed by atoms with Gasteiger partial charge in [-0.15, -0.1) is 0 Å². The first kappa shape index (κ1) is 13.4. The molecule has 5 nitrogen and oxygen atoms in total. The highest BCUT2D eigenvalue weighted by atomic mass is 16.7. The molecule has 1 amide bonds. The number of hydrogen-bond donors (Lipinski definition) is 2. The molecule has 0 aliphatic carbocycles. The van der Waals surface area contributed by atoms with Gasteiger partial charge in [-0.3, -0.25) is 4.79 Å². The third kappa shape index (κ3) is 4.55. The molecule has 0 spiro atoms. The van der Waals surface area contributed by atoms with Crippen LogP contribution in [0.5, 0.6) is 0 Å². The standard InChI is InChI=1S/C9H20N2O3/c1-6(2)8(9(10)12)11-5-7(13-3)14-4/h6-8,11H,5H2,1-4H3,(H2,10,12). The van der Waals surface area contributed by atoms with Crippen LogP contribution in [-0.4, -0.2) is 39.0 Å². The Bertz CT molecular complexity index is 169. The number of carbonyl (C=O) groups is 1. The van der Waals surface area contributed by atoms with Crippen LogP contribution < -0.4 is 11.1 Å². The van der Waals surface area contributed by atoms with Crippen molar-refractivity contribution in [1.82, 2.24) is 5.32 Å². The minimum absolute atomic E-state index is 0.155. The number of hydrogen-bond acceptors (Lipinski definition) is 4. The van der Waals surface area contributed by atoms with E-state index in [1.165, 1.54) is 0 Å². The molecule has 0 saturated heterocycles. The Hall–Kier alpha value is -0.650. The van der Waals surface area contributed by atoms with Gasteiger partial charge >= 0.3 is 0 Å². The lowest BCUT2D eigenvalue weighted by molar-refractivity contribution is -0.123. The molecular weight excluding hydrogens is 184 g/mol. The summed E-state index contributed by atoms with van der Waals surface area (Å²) >= 11 is 0. The molecule has 0 aromatic carbocycles. The van der Waals surface area contributed by atoms with E-state index in [9.17, 15) is 4.79 Å². The minimum atomic E-state index is -0.356. The van der Waals surface area contributed by atoms with E-state index in [0.29, 0.717) is 6.54 Å². The third-order valence-electron chi connectivity index (χ3n) is 2.00. The maximum Gasteiger partial charge on any atom is 0.234 e. The molecular formula is C9H20N2O3. The van der Waals surface area contributed by atoms with Crippen molar-refractivity contribution in [2.24, 2.45) is 11.7 Å². The van der Waals surface area contributed by atoms with Crippen molar-refractivity contribution in [3.05, 3.63) is 0 Å². The van der Waals surface area contributed by atoms with Crippen molar-refractivity contribution in [3.8, 4) is 0 Å². The van der Waals surface area contributed by atoms with Crippen LogP contribution in [0.25, 0.3) is 0 Å². The highest BCUT2D eigenvalue weighted by Crippen LogP contribution is 2.01. The van der Waals surface area contributed by atoms with Crippen molar-refractivity contribution in [3.63, 3.8) is 0 Å². The molecule has 0 heterocycles. The van der Waals surface area contributed by atoms with Gasteiger partial charge in [-0.05, 0) is 5.92 Å². The van der Waals surface area contributed by atoms with Gasteiger partial charge in [0.05, 0.1) is 6.04 Å². The summed E-state index contributed by atoms with van der Waals surface area (Å²) in [6.45, 7) is 4.30. The zero-order valence-corrected chi connectivity index (χ0v) is 9.24. The average molecular weight is 204 g/mol. The van der Waals surface area contributed by atoms with Crippen LogP contribution in [0.3, 0.4) is 0 Å². The molecule has 14 heavy (non-hydrogen) atoms. The maximum absolute atomic E-state index is 11.0. The first-order valence-electron chi connectivity index (χ1n) is 4.61. The van der Waals surface area contributed by atoms with Gasteiger partial charge in [0.1, 0.15) is 0 Å². The van der Waals surface area contributed by atoms with Crippen molar-refractivity contribution < 1.29 is 14.3 Å². The second-order valence-electron chi connectivity index (χ2n) is 3.43. The van der Waals surface area contributed by atoms with Gasteiger partial charge < -0.3 is 20.5 Å². The summed E-state index contributed by atoms with van der Waals surface area (Å²) in [6, 6.07) is -0.345. The molecule has 3 N–H and O–H groups in total. The topological polar surface area (TPSA) is 73.6 Å². The second kappa shape index (κ2) is 6.75. The fourth-order valence-electron chi connectivity index (χ4n) is 1.15. The van der Waals surface area contributed by atoms with Gasteiger partial charge in [-0.2, -0.15) is 0 Å². The summed E-state index contributed by atoms with van der Waals surface area (Å²) in [7, 11) is 3.09. The fourth-order valence-corrected chi connectivity index (χ4v) is 1.15. The smallest absolute Gasteiger partial charge is 0.234 e. The van der Waals surface area contributed by atoms with E-state index in [1.54, 1.807) is 14.2 Å². The van der Waals surface area contributed by atoms with E-state index >= 15 is 0 Å². The molecule has 0 aliphatic heterocycles. The first-order valence-corrected chi connectivity index (χ1v) is 4.61. The Labute approximate surface area is 84.9 Å². The molecule has 0 aromatic heterocycles. The number of ether oxygens (including phenoxy) is 2. The highest BCUT2D eigenvalue weighted by Gasteiger charge is 2.19. The summed E-state index contributed by atoms with van der Waals surface area (Å²) in [5.74, 6) is -0.201. The summed E-state index contributed by atoms with van der Waals surface area (Å²) in [5.41, 5.74) is 5.22. The van der Waals surface area contributed by atoms with Crippen LogP contribution in [-0.2, 0) is 14.3 Å². The van der Waals surface area contributed by atoms with Crippen LogP contribution in [0, 0.1) is 5.92 Å². The lowest BCUT2D eigenvalue weighted by Gasteiger charge is -2.21. The molecule has 0 bridgehead atoms. The highest BCUT2D eigenvalue weighted by molar-refractivity contribution is 5.80. The number of nitrogens with two attached hydrogens (primary N) is 1. The van der Waals surface area contributed by atoms with Crippen LogP contribution >= 0.6 is 0 Å². The predicted octanol–water partition coefficient (Wildman–Crippen LogP) is -0.295. The quantitative estimate of drug-likeness (QED) is 0.559. The summed E-state index contributed by atoms with van der Waals surface area (Å²) < 4.78 is 9.95. The Morgan fingerprint density at radius 2 is 1.86 bits per heavy atom. The normalized spacial score (nSPS) is 13.6. The molecule has 84 valence electrons. The second-order valence-corrected chi connectivity index (χ2v) is 3.43. The largest absolute Gasteiger partial charge is 0.368 e. The first-order chi connectivity index (χ1) is 6.52. The Kier molecular flexibility index (Phi) is 6.44. The third-order valence-corrected chi connectivity index (χ3v) is 2.00. The summed E-state index contributed by atoms with van der Waals surface area (Å²) in [6.07, 6.45) is -0.351. The van der Waals surface area contributed by atoms with Gasteiger partial charge in [0.25, 0.3) is 0 Å². The van der Waals surface area contributed by atoms with Crippen molar-refractivity contribution in [1.29, 1.82) is 0 Å². The van der Waals surface area contributed by atoms with E-state index in [-0.39, 0.29) is 24.2 Å². The predicted molar refractivity (Wildman–Crippen MR) is 53.6 cm³/mol. The fraction of sp³-hybridized carbons (Fsp3) is 0.889. The van der Waals surface area contributed by atoms with E-state index in [4.69, 9.17) is 15.2 Å². The van der Waals surface area contributed by atoms with Gasteiger partial charge in [0.15, 0.2) is 6.29 Å². The average Bonchev–Trinajstić information content (AvgIpc) is 2.11. The molecule has 0 aromatic rings. The molecule has 0 saturated carbocycles. The molecule has 0 aliphatic rings. The van der Waals surface area contributed by atoms with Gasteiger partial charge in [0, 0.05) is 20.8 Å². The van der Waals surface area contributed by atoms with E-state index in [2.05, 4.69) is 5.32 Å². The number of nitrogens with one attached hydrogen (secondary N) is 1. The minimum Gasteiger partial charge on any atom is -0.368 e. The van der Waals surface area contributed by atoms with Crippen LogP contribution in [0.15, 0.2) is 0 Å². The van der Waals surface area contributed by atoms with Crippen LogP contribution in [0.1, 0.15) is 13.8 Å². The molecule has 1 unspecified atom stereocenters. The monoisotopic (exact) mass is 204 g/mol. The number of amides is 1. The van der Waals surface area contributed by atoms with Crippen LogP contribution in [0.4, 0.5) is 0 Å². The van der Waals surface area contributed by atoms with E-state index < -0.39 is 0 Å². The lowest BCUT2D eigenvalue weighted by Crippen LogP contribution is -2.48. The SMILES string of the molecule is COC(CNC(C(N)=O)C(C)C)OC. The lowest BCUT2D eigenvalue weighted by atomic mass is 10.0. The summed E-state index contributed by atoms with van der Waals surface area (Å²) in [4.78, 5) is 11.0.